The number of hydrogen-bond donors (Lipinski definition) is 2. The zero-order chi connectivity index (χ0) is 19.6. The third kappa shape index (κ3) is 4.71. The summed E-state index contributed by atoms with van der Waals surface area (Å²) in [5.74, 6) is -0.0215. The van der Waals surface area contributed by atoms with Gasteiger partial charge < -0.3 is 5.32 Å². The normalized spacial score (nSPS) is 11.9. The standard InChI is InChI=1S/C19H21N3O3S2/c1-12(2)14-4-6-15(7-5-14)22-19(23)11-20-27(24,25)16-8-9-17-18(10-16)26-13(3)21-17/h4-10,12,20H,11H2,1-3H3,(H,22,23). The van der Waals surface area contributed by atoms with Crippen molar-refractivity contribution in [2.75, 3.05) is 11.9 Å². The molecule has 6 nitrogen and oxygen atoms in total. The van der Waals surface area contributed by atoms with Gasteiger partial charge in [0.15, 0.2) is 0 Å². The highest BCUT2D eigenvalue weighted by Gasteiger charge is 2.17. The highest BCUT2D eigenvalue weighted by atomic mass is 32.2. The predicted molar refractivity (Wildman–Crippen MR) is 109 cm³/mol. The van der Waals surface area contributed by atoms with Gasteiger partial charge in [-0.1, -0.05) is 26.0 Å². The molecule has 0 spiro atoms. The van der Waals surface area contributed by atoms with Crippen molar-refractivity contribution in [2.24, 2.45) is 0 Å². The van der Waals surface area contributed by atoms with Gasteiger partial charge in [0.1, 0.15) is 0 Å². The highest BCUT2D eigenvalue weighted by molar-refractivity contribution is 7.89. The molecule has 1 aromatic heterocycles. The van der Waals surface area contributed by atoms with Gasteiger partial charge in [0.05, 0.1) is 26.7 Å². The molecular weight excluding hydrogens is 382 g/mol. The number of aryl methyl sites for hydroxylation is 1. The molecule has 3 aromatic rings. The predicted octanol–water partition coefficient (Wildman–Crippen LogP) is 3.65. The number of benzene rings is 2. The summed E-state index contributed by atoms with van der Waals surface area (Å²) in [5.41, 5.74) is 2.56. The summed E-state index contributed by atoms with van der Waals surface area (Å²) in [6.07, 6.45) is 0. The van der Waals surface area contributed by atoms with E-state index < -0.39 is 15.9 Å². The Morgan fingerprint density at radius 1 is 1.15 bits per heavy atom. The van der Waals surface area contributed by atoms with Gasteiger partial charge in [-0.25, -0.2) is 18.1 Å². The van der Waals surface area contributed by atoms with E-state index in [9.17, 15) is 13.2 Å². The van der Waals surface area contributed by atoms with Crippen LogP contribution in [0.1, 0.15) is 30.3 Å². The Balaban J connectivity index is 1.64. The molecule has 0 radical (unpaired) electrons. The maximum absolute atomic E-state index is 12.5. The van der Waals surface area contributed by atoms with Crippen LogP contribution in [0.3, 0.4) is 0 Å². The zero-order valence-electron chi connectivity index (χ0n) is 15.3. The average molecular weight is 404 g/mol. The van der Waals surface area contributed by atoms with Gasteiger partial charge in [0, 0.05) is 5.69 Å². The maximum Gasteiger partial charge on any atom is 0.241 e. The fraction of sp³-hybridized carbons (Fsp3) is 0.263. The second kappa shape index (κ2) is 7.75. The fourth-order valence-electron chi connectivity index (χ4n) is 2.59. The van der Waals surface area contributed by atoms with E-state index in [1.165, 1.54) is 23.0 Å². The largest absolute Gasteiger partial charge is 0.325 e. The zero-order valence-corrected chi connectivity index (χ0v) is 16.9. The van der Waals surface area contributed by atoms with Gasteiger partial charge >= 0.3 is 0 Å². The molecule has 0 fully saturated rings. The van der Waals surface area contributed by atoms with Crippen LogP contribution in [-0.4, -0.2) is 25.9 Å². The number of carbonyl (C=O) groups excluding carboxylic acids is 1. The lowest BCUT2D eigenvalue weighted by Gasteiger charge is -2.09. The van der Waals surface area contributed by atoms with Crippen LogP contribution in [0.2, 0.25) is 0 Å². The quantitative estimate of drug-likeness (QED) is 0.658. The van der Waals surface area contributed by atoms with Crippen molar-refractivity contribution in [1.29, 1.82) is 0 Å². The van der Waals surface area contributed by atoms with E-state index in [2.05, 4.69) is 28.9 Å². The minimum Gasteiger partial charge on any atom is -0.325 e. The van der Waals surface area contributed by atoms with Gasteiger partial charge in [0.2, 0.25) is 15.9 Å². The van der Waals surface area contributed by atoms with Gasteiger partial charge in [-0.2, -0.15) is 0 Å². The Morgan fingerprint density at radius 2 is 1.85 bits per heavy atom. The number of sulfonamides is 1. The fourth-order valence-corrected chi connectivity index (χ4v) is 4.54. The summed E-state index contributed by atoms with van der Waals surface area (Å²) in [7, 11) is -3.78. The van der Waals surface area contributed by atoms with Crippen LogP contribution in [0, 0.1) is 6.92 Å². The van der Waals surface area contributed by atoms with Crippen LogP contribution in [0.5, 0.6) is 0 Å². The lowest BCUT2D eigenvalue weighted by atomic mass is 10.0. The van der Waals surface area contributed by atoms with Gasteiger partial charge in [-0.05, 0) is 48.7 Å². The van der Waals surface area contributed by atoms with Crippen molar-refractivity contribution in [3.63, 3.8) is 0 Å². The molecule has 0 unspecified atom stereocenters. The number of thiazole rings is 1. The van der Waals surface area contributed by atoms with Crippen molar-refractivity contribution in [2.45, 2.75) is 31.6 Å². The number of nitrogens with zero attached hydrogens (tertiary/aromatic N) is 1. The number of anilines is 1. The molecule has 3 rings (SSSR count). The van der Waals surface area contributed by atoms with Crippen molar-refractivity contribution in [3.05, 3.63) is 53.0 Å². The van der Waals surface area contributed by atoms with Crippen LogP contribution >= 0.6 is 11.3 Å². The molecule has 0 saturated carbocycles. The Morgan fingerprint density at radius 3 is 2.52 bits per heavy atom. The third-order valence-electron chi connectivity index (χ3n) is 4.06. The van der Waals surface area contributed by atoms with Crippen LogP contribution in [0.25, 0.3) is 10.2 Å². The monoisotopic (exact) mass is 403 g/mol. The Bertz CT molecular complexity index is 1070. The lowest BCUT2D eigenvalue weighted by molar-refractivity contribution is -0.115. The van der Waals surface area contributed by atoms with Crippen LogP contribution in [0.4, 0.5) is 5.69 Å². The van der Waals surface area contributed by atoms with Gasteiger partial charge in [0.25, 0.3) is 0 Å². The van der Waals surface area contributed by atoms with Gasteiger partial charge in [-0.3, -0.25) is 4.79 Å². The number of amides is 1. The molecule has 1 heterocycles. The number of nitrogens with one attached hydrogen (secondary N) is 2. The second-order valence-corrected chi connectivity index (χ2v) is 9.51. The summed E-state index contributed by atoms with van der Waals surface area (Å²) in [6.45, 7) is 5.71. The van der Waals surface area contributed by atoms with Crippen LogP contribution < -0.4 is 10.0 Å². The molecule has 27 heavy (non-hydrogen) atoms. The Labute approximate surface area is 162 Å². The topological polar surface area (TPSA) is 88.2 Å². The van der Waals surface area contributed by atoms with E-state index in [0.717, 1.165) is 15.2 Å². The van der Waals surface area contributed by atoms with E-state index >= 15 is 0 Å². The van der Waals surface area contributed by atoms with Crippen molar-refractivity contribution >= 4 is 43.2 Å². The van der Waals surface area contributed by atoms with Gasteiger partial charge in [-0.15, -0.1) is 11.3 Å². The molecule has 0 aliphatic rings. The van der Waals surface area contributed by atoms with E-state index in [-0.39, 0.29) is 11.4 Å². The summed E-state index contributed by atoms with van der Waals surface area (Å²) in [4.78, 5) is 16.5. The molecular formula is C19H21N3O3S2. The number of hydrogen-bond acceptors (Lipinski definition) is 5. The number of fused-ring (bicyclic) bond motifs is 1. The lowest BCUT2D eigenvalue weighted by Crippen LogP contribution is -2.32. The van der Waals surface area contributed by atoms with Crippen molar-refractivity contribution in [3.8, 4) is 0 Å². The first kappa shape index (κ1) is 19.5. The summed E-state index contributed by atoms with van der Waals surface area (Å²) in [5, 5.41) is 3.56. The molecule has 0 aliphatic carbocycles. The van der Waals surface area contributed by atoms with Crippen LogP contribution in [-0.2, 0) is 14.8 Å². The molecule has 1 amide bonds. The number of aromatic nitrogens is 1. The minimum atomic E-state index is -3.78. The summed E-state index contributed by atoms with van der Waals surface area (Å²) >= 11 is 1.43. The van der Waals surface area contributed by atoms with E-state index in [0.29, 0.717) is 11.6 Å². The van der Waals surface area contributed by atoms with Crippen molar-refractivity contribution < 1.29 is 13.2 Å². The Kier molecular flexibility index (Phi) is 5.59. The highest BCUT2D eigenvalue weighted by Crippen LogP contribution is 2.24. The average Bonchev–Trinajstić information content (AvgIpc) is 2.99. The molecule has 8 heteroatoms. The molecule has 142 valence electrons. The molecule has 0 aliphatic heterocycles. The molecule has 0 saturated heterocycles. The molecule has 0 bridgehead atoms. The second-order valence-electron chi connectivity index (χ2n) is 6.51. The first-order chi connectivity index (χ1) is 12.7. The molecule has 0 atom stereocenters. The first-order valence-corrected chi connectivity index (χ1v) is 10.8. The van der Waals surface area contributed by atoms with Crippen molar-refractivity contribution in [1.82, 2.24) is 9.71 Å². The molecule has 2 aromatic carbocycles. The summed E-state index contributed by atoms with van der Waals surface area (Å²) < 4.78 is 28.0. The van der Waals surface area contributed by atoms with E-state index in [1.54, 1.807) is 12.1 Å². The number of carbonyl (C=O) groups is 1. The van der Waals surface area contributed by atoms with Crippen LogP contribution in [0.15, 0.2) is 47.4 Å². The first-order valence-electron chi connectivity index (χ1n) is 8.51. The number of rotatable bonds is 6. The third-order valence-corrected chi connectivity index (χ3v) is 6.39. The SMILES string of the molecule is Cc1nc2ccc(S(=O)(=O)NCC(=O)Nc3ccc(C(C)C)cc3)cc2s1. The summed E-state index contributed by atoms with van der Waals surface area (Å²) in [6, 6.07) is 12.2. The molecule has 2 N–H and O–H groups in total. The minimum absolute atomic E-state index is 0.118. The smallest absolute Gasteiger partial charge is 0.241 e. The van der Waals surface area contributed by atoms with E-state index in [4.69, 9.17) is 0 Å². The van der Waals surface area contributed by atoms with E-state index in [1.807, 2.05) is 31.2 Å². The Hall–Kier alpha value is -2.29. The maximum atomic E-state index is 12.5.